The number of aromatic nitrogens is 1. The van der Waals surface area contributed by atoms with Crippen molar-refractivity contribution in [1.29, 1.82) is 0 Å². The van der Waals surface area contributed by atoms with Gasteiger partial charge in [-0.05, 0) is 44.7 Å². The molecular formula is C17H29N3O3. The van der Waals surface area contributed by atoms with Crippen molar-refractivity contribution in [2.45, 2.75) is 53.2 Å². The Morgan fingerprint density at radius 2 is 2.09 bits per heavy atom. The van der Waals surface area contributed by atoms with Gasteiger partial charge in [-0.3, -0.25) is 9.69 Å². The Morgan fingerprint density at radius 1 is 1.43 bits per heavy atom. The first-order valence-electron chi connectivity index (χ1n) is 8.52. The first-order chi connectivity index (χ1) is 10.9. The predicted octanol–water partition coefficient (Wildman–Crippen LogP) is 1.96. The van der Waals surface area contributed by atoms with E-state index in [0.717, 1.165) is 19.0 Å². The zero-order valence-corrected chi connectivity index (χ0v) is 14.6. The van der Waals surface area contributed by atoms with E-state index in [1.165, 1.54) is 12.8 Å². The maximum atomic E-state index is 12.4. The topological polar surface area (TPSA) is 78.6 Å². The number of carbonyl (C=O) groups excluding carboxylic acids is 1. The molecule has 23 heavy (non-hydrogen) atoms. The minimum absolute atomic E-state index is 0.219. The number of carbonyl (C=O) groups is 1. The summed E-state index contributed by atoms with van der Waals surface area (Å²) in [6.07, 6.45) is 2.44. The van der Waals surface area contributed by atoms with Crippen LogP contribution in [0.5, 0.6) is 0 Å². The third-order valence-corrected chi connectivity index (χ3v) is 4.84. The lowest BCUT2D eigenvalue weighted by Crippen LogP contribution is -2.49. The van der Waals surface area contributed by atoms with Crippen molar-refractivity contribution < 1.29 is 14.4 Å². The van der Waals surface area contributed by atoms with Crippen molar-refractivity contribution >= 4 is 5.91 Å². The number of aliphatic hydroxyl groups excluding tert-OH is 1. The van der Waals surface area contributed by atoms with Gasteiger partial charge in [-0.15, -0.1) is 0 Å². The van der Waals surface area contributed by atoms with Crippen LogP contribution in [0.3, 0.4) is 0 Å². The fourth-order valence-corrected chi connectivity index (χ4v) is 3.25. The van der Waals surface area contributed by atoms with Crippen LogP contribution in [-0.2, 0) is 6.61 Å². The molecule has 1 amide bonds. The number of amides is 1. The maximum absolute atomic E-state index is 12.4. The highest BCUT2D eigenvalue weighted by atomic mass is 16.5. The standard InChI is InChI=1S/C17H29N3O3/c1-11(2)15(20-7-5-12(3)6-8-20)9-18-17(22)16-13(4)23-19-14(16)10-21/h11-12,15,21H,5-10H2,1-4H3,(H,18,22). The highest BCUT2D eigenvalue weighted by Crippen LogP contribution is 2.21. The molecule has 0 saturated carbocycles. The van der Waals surface area contributed by atoms with E-state index < -0.39 is 0 Å². The summed E-state index contributed by atoms with van der Waals surface area (Å²) < 4.78 is 5.01. The molecule has 1 fully saturated rings. The highest BCUT2D eigenvalue weighted by molar-refractivity contribution is 5.96. The number of aliphatic hydroxyl groups is 1. The molecule has 0 aliphatic carbocycles. The molecule has 1 aromatic heterocycles. The van der Waals surface area contributed by atoms with Gasteiger partial charge in [0.15, 0.2) is 0 Å². The fraction of sp³-hybridized carbons (Fsp3) is 0.765. The average Bonchev–Trinajstić information content (AvgIpc) is 2.89. The first kappa shape index (κ1) is 17.9. The smallest absolute Gasteiger partial charge is 0.256 e. The van der Waals surface area contributed by atoms with E-state index in [1.807, 2.05) is 0 Å². The average molecular weight is 323 g/mol. The second-order valence-electron chi connectivity index (χ2n) is 6.96. The third-order valence-electron chi connectivity index (χ3n) is 4.84. The second kappa shape index (κ2) is 7.93. The number of aryl methyl sites for hydroxylation is 1. The molecule has 0 spiro atoms. The number of rotatable bonds is 6. The van der Waals surface area contributed by atoms with E-state index in [1.54, 1.807) is 6.92 Å². The first-order valence-corrected chi connectivity index (χ1v) is 8.52. The lowest BCUT2D eigenvalue weighted by atomic mass is 9.94. The minimum atomic E-state index is -0.294. The van der Waals surface area contributed by atoms with Crippen LogP contribution in [-0.4, -0.2) is 46.7 Å². The number of hydrogen-bond donors (Lipinski definition) is 2. The number of piperidine rings is 1. The van der Waals surface area contributed by atoms with Crippen LogP contribution in [0.2, 0.25) is 0 Å². The van der Waals surface area contributed by atoms with Crippen molar-refractivity contribution in [3.63, 3.8) is 0 Å². The summed E-state index contributed by atoms with van der Waals surface area (Å²) in [7, 11) is 0. The molecule has 6 heteroatoms. The molecule has 0 radical (unpaired) electrons. The normalized spacial score (nSPS) is 18.3. The number of nitrogens with one attached hydrogen (secondary N) is 1. The lowest BCUT2D eigenvalue weighted by molar-refractivity contribution is 0.0859. The van der Waals surface area contributed by atoms with E-state index in [0.29, 0.717) is 35.5 Å². The van der Waals surface area contributed by atoms with Crippen LogP contribution in [0.4, 0.5) is 0 Å². The summed E-state index contributed by atoms with van der Waals surface area (Å²) in [5.41, 5.74) is 0.662. The Labute approximate surface area is 138 Å². The van der Waals surface area contributed by atoms with Gasteiger partial charge in [0, 0.05) is 12.6 Å². The minimum Gasteiger partial charge on any atom is -0.390 e. The highest BCUT2D eigenvalue weighted by Gasteiger charge is 2.27. The summed E-state index contributed by atoms with van der Waals surface area (Å²) in [5, 5.41) is 16.0. The third kappa shape index (κ3) is 4.32. The number of likely N-dealkylation sites (tertiary alicyclic amines) is 1. The van der Waals surface area contributed by atoms with Gasteiger partial charge in [-0.25, -0.2) is 0 Å². The van der Waals surface area contributed by atoms with Crippen molar-refractivity contribution in [3.8, 4) is 0 Å². The molecule has 1 aliphatic heterocycles. The van der Waals surface area contributed by atoms with E-state index >= 15 is 0 Å². The van der Waals surface area contributed by atoms with Gasteiger partial charge >= 0.3 is 0 Å². The molecule has 1 aromatic rings. The zero-order valence-electron chi connectivity index (χ0n) is 14.6. The summed E-state index contributed by atoms with van der Waals surface area (Å²) in [6.45, 7) is 10.9. The van der Waals surface area contributed by atoms with Crippen molar-refractivity contribution in [2.75, 3.05) is 19.6 Å². The van der Waals surface area contributed by atoms with Gasteiger partial charge in [0.25, 0.3) is 5.91 Å². The maximum Gasteiger partial charge on any atom is 0.256 e. The van der Waals surface area contributed by atoms with Crippen LogP contribution in [0, 0.1) is 18.8 Å². The van der Waals surface area contributed by atoms with Crippen molar-refractivity contribution in [3.05, 3.63) is 17.0 Å². The zero-order chi connectivity index (χ0) is 17.0. The van der Waals surface area contributed by atoms with E-state index in [-0.39, 0.29) is 12.5 Å². The predicted molar refractivity (Wildman–Crippen MR) is 88.1 cm³/mol. The van der Waals surface area contributed by atoms with Gasteiger partial charge < -0.3 is 14.9 Å². The van der Waals surface area contributed by atoms with Crippen LogP contribution in [0.25, 0.3) is 0 Å². The largest absolute Gasteiger partial charge is 0.390 e. The molecule has 1 atom stereocenters. The van der Waals surface area contributed by atoms with Gasteiger partial charge in [-0.1, -0.05) is 25.9 Å². The Bertz CT molecular complexity index is 519. The summed E-state index contributed by atoms with van der Waals surface area (Å²) in [4.78, 5) is 14.9. The molecule has 2 N–H and O–H groups in total. The quantitative estimate of drug-likeness (QED) is 0.837. The molecule has 1 saturated heterocycles. The number of hydrogen-bond acceptors (Lipinski definition) is 5. The lowest BCUT2D eigenvalue weighted by Gasteiger charge is -2.38. The molecule has 2 rings (SSSR count). The molecule has 1 aliphatic rings. The molecular weight excluding hydrogens is 294 g/mol. The molecule has 0 bridgehead atoms. The summed E-state index contributed by atoms with van der Waals surface area (Å²) >= 11 is 0. The Morgan fingerprint density at radius 3 is 2.65 bits per heavy atom. The summed E-state index contributed by atoms with van der Waals surface area (Å²) in [5.74, 6) is 1.48. The van der Waals surface area contributed by atoms with Crippen LogP contribution >= 0.6 is 0 Å². The van der Waals surface area contributed by atoms with Gasteiger partial charge in [0.1, 0.15) is 17.0 Å². The van der Waals surface area contributed by atoms with Crippen molar-refractivity contribution in [2.24, 2.45) is 11.8 Å². The Balaban J connectivity index is 1.98. The second-order valence-corrected chi connectivity index (χ2v) is 6.96. The summed E-state index contributed by atoms with van der Waals surface area (Å²) in [6, 6.07) is 0.323. The van der Waals surface area contributed by atoms with Gasteiger partial charge in [-0.2, -0.15) is 0 Å². The van der Waals surface area contributed by atoms with Gasteiger partial charge in [0.05, 0.1) is 6.61 Å². The van der Waals surface area contributed by atoms with Crippen LogP contribution in [0.15, 0.2) is 4.52 Å². The molecule has 6 nitrogen and oxygen atoms in total. The van der Waals surface area contributed by atoms with Crippen LogP contribution in [0.1, 0.15) is 55.4 Å². The SMILES string of the molecule is Cc1onc(CO)c1C(=O)NCC(C(C)C)N1CCC(C)CC1. The van der Waals surface area contributed by atoms with Gasteiger partial charge in [0.2, 0.25) is 0 Å². The van der Waals surface area contributed by atoms with Crippen molar-refractivity contribution in [1.82, 2.24) is 15.4 Å². The molecule has 1 unspecified atom stereocenters. The number of nitrogens with zero attached hydrogens (tertiary/aromatic N) is 2. The molecule has 130 valence electrons. The molecule has 0 aromatic carbocycles. The van der Waals surface area contributed by atoms with E-state index in [9.17, 15) is 9.90 Å². The van der Waals surface area contributed by atoms with E-state index in [2.05, 4.69) is 36.1 Å². The fourth-order valence-electron chi connectivity index (χ4n) is 3.25. The van der Waals surface area contributed by atoms with Crippen LogP contribution < -0.4 is 5.32 Å². The Kier molecular flexibility index (Phi) is 6.18. The monoisotopic (exact) mass is 323 g/mol. The Hall–Kier alpha value is -1.40. The molecule has 2 heterocycles. The van der Waals surface area contributed by atoms with E-state index in [4.69, 9.17) is 4.52 Å².